The maximum Gasteiger partial charge on any atom is 0.268 e. The molecule has 300 valence electrons. The minimum atomic E-state index is 0. The van der Waals surface area contributed by atoms with E-state index >= 15 is 0 Å². The summed E-state index contributed by atoms with van der Waals surface area (Å²) in [7, 11) is 0. The zero-order chi connectivity index (χ0) is 40.7. The van der Waals surface area contributed by atoms with Crippen LogP contribution in [0.5, 0.6) is 11.5 Å². The molecule has 0 aliphatic heterocycles. The summed E-state index contributed by atoms with van der Waals surface area (Å²) < 4.78 is 13.1. The summed E-state index contributed by atoms with van der Waals surface area (Å²) in [5, 5.41) is 2.23. The van der Waals surface area contributed by atoms with E-state index in [-0.39, 0.29) is 21.1 Å². The third-order valence-electron chi connectivity index (χ3n) is 11.4. The van der Waals surface area contributed by atoms with Gasteiger partial charge in [0.2, 0.25) is 0 Å². The number of aromatic nitrogens is 4. The first-order chi connectivity index (χ1) is 30.2. The van der Waals surface area contributed by atoms with Crippen LogP contribution in [0.2, 0.25) is 0 Å². The van der Waals surface area contributed by atoms with Gasteiger partial charge in [0.05, 0.1) is 16.7 Å². The van der Waals surface area contributed by atoms with Gasteiger partial charge in [-0.3, -0.25) is 4.57 Å². The Morgan fingerprint density at radius 2 is 1.21 bits per heavy atom. The van der Waals surface area contributed by atoms with Crippen LogP contribution >= 0.6 is 0 Å². The van der Waals surface area contributed by atoms with Crippen LogP contribution in [0.25, 0.3) is 83.4 Å². The molecule has 0 aliphatic rings. The number of ether oxygens (including phenoxy) is 1. The van der Waals surface area contributed by atoms with Crippen molar-refractivity contribution in [1.29, 1.82) is 0 Å². The fourth-order valence-electron chi connectivity index (χ4n) is 8.47. The second kappa shape index (κ2) is 16.6. The van der Waals surface area contributed by atoms with Crippen molar-refractivity contribution in [1.82, 2.24) is 14.1 Å². The zero-order valence-electron chi connectivity index (χ0n) is 33.8. The van der Waals surface area contributed by atoms with Crippen LogP contribution in [0, 0.1) is 18.5 Å². The molecule has 0 spiro atoms. The average molecular weight is 978 g/mol. The first-order valence-corrected chi connectivity index (χ1v) is 20.6. The van der Waals surface area contributed by atoms with Crippen LogP contribution < -0.4 is 9.30 Å². The van der Waals surface area contributed by atoms with Crippen molar-refractivity contribution in [3.05, 3.63) is 224 Å². The van der Waals surface area contributed by atoms with Crippen molar-refractivity contribution in [3.63, 3.8) is 0 Å². The first-order valence-electron chi connectivity index (χ1n) is 20.6. The van der Waals surface area contributed by atoms with E-state index in [2.05, 4.69) is 215 Å². The van der Waals surface area contributed by atoms with Gasteiger partial charge >= 0.3 is 0 Å². The molecule has 0 aliphatic carbocycles. The predicted octanol–water partition coefficient (Wildman–Crippen LogP) is 13.2. The number of aryl methyl sites for hydroxylation is 1. The van der Waals surface area contributed by atoms with Gasteiger partial charge in [0.1, 0.15) is 5.82 Å². The van der Waals surface area contributed by atoms with Gasteiger partial charge in [-0.15, -0.1) is 29.7 Å². The Hall–Kier alpha value is -7.33. The van der Waals surface area contributed by atoms with Gasteiger partial charge < -0.3 is 13.9 Å². The second-order valence-electron chi connectivity index (χ2n) is 15.1. The minimum Gasteiger partial charge on any atom is -0.510 e. The van der Waals surface area contributed by atoms with E-state index in [0.29, 0.717) is 11.5 Å². The van der Waals surface area contributed by atoms with Crippen molar-refractivity contribution < 1.29 is 30.4 Å². The molecule has 0 amide bonds. The number of rotatable bonds is 9. The molecular weight excluding hydrogens is 940 g/mol. The van der Waals surface area contributed by atoms with Crippen LogP contribution in [0.3, 0.4) is 0 Å². The predicted molar refractivity (Wildman–Crippen MR) is 246 cm³/mol. The van der Waals surface area contributed by atoms with Gasteiger partial charge in [0.15, 0.2) is 0 Å². The average Bonchev–Trinajstić information content (AvgIpc) is 3.87. The summed E-state index contributed by atoms with van der Waals surface area (Å²) >= 11 is 0. The molecule has 3 aromatic heterocycles. The number of benzene rings is 8. The van der Waals surface area contributed by atoms with E-state index < -0.39 is 0 Å². The SMILES string of the molecule is CCc1ccnc(-n2c3[c-]c(Oc4[c-]c(-n5[c-][n+](-c6c(-c7ccccc7)cccc6-c6ccccc6)c6cc(-c7ccccc7)ccc65)ccc4)ccc3c3ccccc32)c1.[Pt]. The molecule has 11 aromatic rings. The Bertz CT molecular complexity index is 3320. The van der Waals surface area contributed by atoms with Crippen molar-refractivity contribution in [2.75, 3.05) is 0 Å². The second-order valence-corrected chi connectivity index (χ2v) is 15.1. The maximum absolute atomic E-state index is 6.64. The first kappa shape index (κ1) is 38.8. The number of hydrogen-bond donors (Lipinski definition) is 0. The van der Waals surface area contributed by atoms with Crippen molar-refractivity contribution >= 4 is 32.8 Å². The number of nitrogens with zero attached hydrogens (tertiary/aromatic N) is 4. The Morgan fingerprint density at radius 1 is 0.548 bits per heavy atom. The third-order valence-corrected chi connectivity index (χ3v) is 11.4. The molecule has 0 saturated heterocycles. The molecule has 0 N–H and O–H groups in total. The molecular formula is C56H38N4OPt-2. The molecule has 11 rings (SSSR count). The van der Waals surface area contributed by atoms with Crippen LogP contribution in [0.1, 0.15) is 12.5 Å². The van der Waals surface area contributed by atoms with Gasteiger partial charge in [0.25, 0.3) is 6.33 Å². The van der Waals surface area contributed by atoms with E-state index in [4.69, 9.17) is 9.72 Å². The molecule has 8 aromatic carbocycles. The van der Waals surface area contributed by atoms with E-state index in [1.807, 2.05) is 24.4 Å². The monoisotopic (exact) mass is 977 g/mol. The number of para-hydroxylation sites is 2. The normalized spacial score (nSPS) is 11.2. The fourth-order valence-corrected chi connectivity index (χ4v) is 8.47. The van der Waals surface area contributed by atoms with E-state index in [0.717, 1.165) is 89.8 Å². The van der Waals surface area contributed by atoms with E-state index in [1.165, 1.54) is 5.56 Å². The van der Waals surface area contributed by atoms with E-state index in [9.17, 15) is 0 Å². The molecule has 0 unspecified atom stereocenters. The quantitative estimate of drug-likeness (QED) is 0.107. The smallest absolute Gasteiger partial charge is 0.268 e. The van der Waals surface area contributed by atoms with Crippen LogP contribution in [-0.2, 0) is 27.5 Å². The molecule has 0 bridgehead atoms. The molecule has 5 nitrogen and oxygen atoms in total. The fraction of sp³-hybridized carbons (Fsp3) is 0.0357. The van der Waals surface area contributed by atoms with Crippen LogP contribution in [-0.4, -0.2) is 14.1 Å². The molecule has 0 fully saturated rings. The molecule has 0 radical (unpaired) electrons. The number of hydrogen-bond acceptors (Lipinski definition) is 2. The summed E-state index contributed by atoms with van der Waals surface area (Å²) in [6.45, 7) is 2.16. The van der Waals surface area contributed by atoms with Crippen LogP contribution in [0.15, 0.2) is 200 Å². The standard InChI is InChI=1S/C56H38N4O.Pt/c1-2-39-32-33-57-55(34-39)60-51-27-13-12-24-49(51)50-30-29-46(37-53(50)60)61-45-23-14-22-44(36-45)58-38-59(54-35-43(28-31-52(54)58)40-16-6-3-7-17-40)56-47(41-18-8-4-9-19-41)25-15-26-48(56)42-20-10-5-11-21-42;/h3-35H,2H2,1H3;/q-2;. The summed E-state index contributed by atoms with van der Waals surface area (Å²) in [4.78, 5) is 4.79. The zero-order valence-corrected chi connectivity index (χ0v) is 36.0. The van der Waals surface area contributed by atoms with E-state index in [1.54, 1.807) is 0 Å². The van der Waals surface area contributed by atoms with Crippen LogP contribution in [0.4, 0.5) is 0 Å². The number of pyridine rings is 1. The molecule has 0 atom stereocenters. The topological polar surface area (TPSA) is 35.9 Å². The van der Waals surface area contributed by atoms with Gasteiger partial charge in [-0.05, 0) is 80.7 Å². The minimum absolute atomic E-state index is 0. The Morgan fingerprint density at radius 3 is 1.94 bits per heavy atom. The maximum atomic E-state index is 6.64. The molecule has 0 saturated carbocycles. The molecule has 3 heterocycles. The summed E-state index contributed by atoms with van der Waals surface area (Å²) in [5.41, 5.74) is 13.7. The Balaban J connectivity index is 0.00000458. The van der Waals surface area contributed by atoms with Crippen molar-refractivity contribution in [3.8, 4) is 62.1 Å². The van der Waals surface area contributed by atoms with Crippen molar-refractivity contribution in [2.24, 2.45) is 0 Å². The molecule has 62 heavy (non-hydrogen) atoms. The summed E-state index contributed by atoms with van der Waals surface area (Å²) in [6, 6.07) is 74.8. The Kier molecular flexibility index (Phi) is 10.4. The van der Waals surface area contributed by atoms with Gasteiger partial charge in [-0.1, -0.05) is 152 Å². The number of imidazole rings is 1. The van der Waals surface area contributed by atoms with Crippen molar-refractivity contribution in [2.45, 2.75) is 13.3 Å². The largest absolute Gasteiger partial charge is 0.510 e. The Labute approximate surface area is 375 Å². The molecule has 6 heteroatoms. The summed E-state index contributed by atoms with van der Waals surface area (Å²) in [5.74, 6) is 2.01. The van der Waals surface area contributed by atoms with Gasteiger partial charge in [0, 0.05) is 44.3 Å². The summed E-state index contributed by atoms with van der Waals surface area (Å²) in [6.07, 6.45) is 6.62. The third kappa shape index (κ3) is 7.01. The number of fused-ring (bicyclic) bond motifs is 4. The van der Waals surface area contributed by atoms with Gasteiger partial charge in [-0.25, -0.2) is 4.98 Å². The van der Waals surface area contributed by atoms with Gasteiger partial charge in [-0.2, -0.15) is 18.2 Å².